The van der Waals surface area contributed by atoms with Crippen LogP contribution in [0.25, 0.3) is 16.3 Å². The van der Waals surface area contributed by atoms with Crippen molar-refractivity contribution in [3.8, 4) is 0 Å². The Morgan fingerprint density at radius 3 is 2.28 bits per heavy atom. The number of amides is 2. The highest BCUT2D eigenvalue weighted by Crippen LogP contribution is 2.51. The molecule has 1 fully saturated rings. The molecule has 2 aliphatic rings. The third-order valence-corrected chi connectivity index (χ3v) is 13.2. The quantitative estimate of drug-likeness (QED) is 0.0558. The zero-order chi connectivity index (χ0) is 41.6. The van der Waals surface area contributed by atoms with Crippen LogP contribution in [0.15, 0.2) is 77.4 Å². The predicted molar refractivity (Wildman–Crippen MR) is 210 cm³/mol. The molecule has 0 bridgehead atoms. The number of allylic oxidation sites excluding steroid dienone is 5. The summed E-state index contributed by atoms with van der Waals surface area (Å²) in [7, 11) is -13.3. The number of thiazole rings is 1. The topological polar surface area (TPSA) is 237 Å². The van der Waals surface area contributed by atoms with Crippen molar-refractivity contribution < 1.29 is 62.7 Å². The molecule has 20 heteroatoms. The van der Waals surface area contributed by atoms with Crippen molar-refractivity contribution in [2.75, 3.05) is 23.0 Å². The Hall–Kier alpha value is -4.31. The van der Waals surface area contributed by atoms with Gasteiger partial charge in [-0.25, -0.2) is 13.2 Å². The largest absolute Gasteiger partial charge is 0.744 e. The molecular formula is C37H43N3O13S4. The van der Waals surface area contributed by atoms with E-state index >= 15 is 0 Å². The van der Waals surface area contributed by atoms with Crippen LogP contribution in [0.1, 0.15) is 75.3 Å². The van der Waals surface area contributed by atoms with E-state index in [1.807, 2.05) is 46.7 Å². The van der Waals surface area contributed by atoms with Crippen LogP contribution < -0.4 is 9.47 Å². The normalized spacial score (nSPS) is 18.6. The number of para-hydroxylation sites is 1. The highest BCUT2D eigenvalue weighted by atomic mass is 32.2. The van der Waals surface area contributed by atoms with Gasteiger partial charge in [0.15, 0.2) is 6.54 Å². The first-order valence-corrected chi connectivity index (χ1v) is 23.5. The van der Waals surface area contributed by atoms with Gasteiger partial charge in [0.25, 0.3) is 37.1 Å². The maximum absolute atomic E-state index is 12.4. The van der Waals surface area contributed by atoms with Gasteiger partial charge in [0, 0.05) is 61.2 Å². The highest BCUT2D eigenvalue weighted by Gasteiger charge is 2.43. The van der Waals surface area contributed by atoms with E-state index in [1.54, 1.807) is 24.3 Å². The summed E-state index contributed by atoms with van der Waals surface area (Å²) in [6, 6.07) is 11.6. The molecule has 1 aromatic heterocycles. The number of carbonyl (C=O) groups excluding carboxylic acids is 3. The van der Waals surface area contributed by atoms with Crippen molar-refractivity contribution in [1.29, 1.82) is 0 Å². The van der Waals surface area contributed by atoms with E-state index in [0.717, 1.165) is 15.2 Å². The minimum absolute atomic E-state index is 0.0184. The number of unbranched alkanes of at least 4 members (excludes halogenated alkanes) is 2. The summed E-state index contributed by atoms with van der Waals surface area (Å²) in [4.78, 5) is 42.3. The Labute approximate surface area is 335 Å². The van der Waals surface area contributed by atoms with Crippen LogP contribution in [0.2, 0.25) is 0 Å². The van der Waals surface area contributed by atoms with E-state index in [-0.39, 0.29) is 44.4 Å². The number of carbonyl (C=O) groups is 3. The Morgan fingerprint density at radius 1 is 0.912 bits per heavy atom. The van der Waals surface area contributed by atoms with Gasteiger partial charge in [-0.15, -0.1) is 5.06 Å². The molecule has 308 valence electrons. The Morgan fingerprint density at radius 2 is 1.60 bits per heavy atom. The summed E-state index contributed by atoms with van der Waals surface area (Å²) >= 11 is 1.50. The fourth-order valence-electron chi connectivity index (χ4n) is 6.99. The van der Waals surface area contributed by atoms with Crippen molar-refractivity contribution in [2.45, 2.75) is 81.6 Å². The first kappa shape index (κ1) is 43.8. The van der Waals surface area contributed by atoms with E-state index in [1.165, 1.54) is 29.5 Å². The number of nitrogens with zero attached hydrogens (tertiary/aromatic N) is 3. The monoisotopic (exact) mass is 865 g/mol. The van der Waals surface area contributed by atoms with Crippen LogP contribution in [0, 0.1) is 0 Å². The number of hydroxylamine groups is 2. The highest BCUT2D eigenvalue weighted by molar-refractivity contribution is 7.86. The van der Waals surface area contributed by atoms with Gasteiger partial charge in [-0.3, -0.25) is 18.7 Å². The first-order chi connectivity index (χ1) is 26.8. The summed E-state index contributed by atoms with van der Waals surface area (Å²) < 4.78 is 104. The molecule has 3 heterocycles. The Balaban J connectivity index is 1.41. The van der Waals surface area contributed by atoms with E-state index < -0.39 is 64.2 Å². The second-order valence-corrected chi connectivity index (χ2v) is 19.4. The third kappa shape index (κ3) is 11.4. The van der Waals surface area contributed by atoms with Gasteiger partial charge in [-0.2, -0.15) is 21.4 Å². The van der Waals surface area contributed by atoms with Crippen LogP contribution in [0.5, 0.6) is 0 Å². The van der Waals surface area contributed by atoms with Gasteiger partial charge in [0.05, 0.1) is 16.4 Å². The van der Waals surface area contributed by atoms with E-state index in [2.05, 4.69) is 0 Å². The van der Waals surface area contributed by atoms with Crippen molar-refractivity contribution in [3.05, 3.63) is 83.0 Å². The van der Waals surface area contributed by atoms with Gasteiger partial charge in [-0.1, -0.05) is 54.5 Å². The average molecular weight is 866 g/mol. The molecule has 0 radical (unpaired) electrons. The fraction of sp³-hybridized carbons (Fsp3) is 0.405. The fourth-order valence-corrected chi connectivity index (χ4v) is 9.57. The van der Waals surface area contributed by atoms with Crippen LogP contribution >= 0.6 is 11.3 Å². The lowest BCUT2D eigenvalue weighted by atomic mass is 9.77. The number of hydrogen-bond donors (Lipinski definition) is 2. The molecule has 1 atom stereocenters. The molecule has 2 aliphatic heterocycles. The lowest BCUT2D eigenvalue weighted by Gasteiger charge is -2.30. The van der Waals surface area contributed by atoms with Crippen LogP contribution in [0.4, 0.5) is 5.69 Å². The molecule has 2 amide bonds. The zero-order valence-electron chi connectivity index (χ0n) is 31.0. The minimum atomic E-state index is -4.85. The van der Waals surface area contributed by atoms with Crippen LogP contribution in [0.3, 0.4) is 0 Å². The summed E-state index contributed by atoms with van der Waals surface area (Å²) in [6.07, 6.45) is 10.8. The number of anilines is 1. The molecule has 0 spiro atoms. The second-order valence-electron chi connectivity index (χ2n) is 13.9. The maximum Gasteiger partial charge on any atom is 0.333 e. The smallest absolute Gasteiger partial charge is 0.333 e. The van der Waals surface area contributed by atoms with Gasteiger partial charge in [0.1, 0.15) is 14.8 Å². The number of hydrogen-bond acceptors (Lipinski definition) is 13. The molecule has 0 saturated carbocycles. The van der Waals surface area contributed by atoms with Gasteiger partial charge < -0.3 is 14.3 Å². The molecule has 57 heavy (non-hydrogen) atoms. The molecule has 1 saturated heterocycles. The lowest BCUT2D eigenvalue weighted by Crippen LogP contribution is -2.35. The van der Waals surface area contributed by atoms with E-state index in [9.17, 15) is 53.3 Å². The average Bonchev–Trinajstić information content (AvgIpc) is 3.71. The molecule has 2 N–H and O–H groups in total. The van der Waals surface area contributed by atoms with Gasteiger partial charge >= 0.3 is 5.97 Å². The van der Waals surface area contributed by atoms with Crippen molar-refractivity contribution >= 4 is 81.5 Å². The number of aromatic nitrogens is 1. The molecule has 2 aromatic carbocycles. The summed E-state index contributed by atoms with van der Waals surface area (Å²) in [5.74, 6) is -2.81. The molecule has 1 unspecified atom stereocenters. The molecule has 3 aromatic rings. The SMILES string of the molecule is CC1(CCCCCC(=O)ON2C(=O)CCC2=O)/C(=C/C=C/C=C/c2sc3ccccc3[n+]2CCCS(=O)(=O)O)N(CCCS(=O)(=O)O)c2ccc(S(=O)(=O)[O-])cc21. The van der Waals surface area contributed by atoms with Crippen molar-refractivity contribution in [1.82, 2.24) is 5.06 Å². The maximum atomic E-state index is 12.4. The van der Waals surface area contributed by atoms with Gasteiger partial charge in [0.2, 0.25) is 5.52 Å². The standard InChI is InChI=1S/C37H43N3O13S4/c1-37(21-9-3-6-16-36(43)53-40-33(41)19-20-34(40)42)28-26-27(57(50,51)52)17-18-29(28)38(22-10-24-55(44,45)46)32(37)14-4-2-5-15-35-39(23-11-25-56(47,48)49)30-12-7-8-13-31(30)54-35/h2,4-5,7-8,12-15,17-18,26H,3,6,9-11,16,19-25H2,1H3,(H2-,44,45,46,47,48,49,50,51,52). The van der Waals surface area contributed by atoms with Crippen LogP contribution in [-0.4, -0.2) is 79.8 Å². The predicted octanol–water partition coefficient (Wildman–Crippen LogP) is 4.44. The van der Waals surface area contributed by atoms with Crippen LogP contribution in [-0.2, 0) is 61.5 Å². The first-order valence-electron chi connectivity index (χ1n) is 18.1. The molecule has 5 rings (SSSR count). The van der Waals surface area contributed by atoms with Crippen molar-refractivity contribution in [3.63, 3.8) is 0 Å². The van der Waals surface area contributed by atoms with E-state index in [4.69, 9.17) is 4.84 Å². The van der Waals surface area contributed by atoms with Crippen molar-refractivity contribution in [2.24, 2.45) is 0 Å². The Bertz CT molecular complexity index is 2440. The van der Waals surface area contributed by atoms with E-state index in [0.29, 0.717) is 54.2 Å². The minimum Gasteiger partial charge on any atom is -0.744 e. The summed E-state index contributed by atoms with van der Waals surface area (Å²) in [6.45, 7) is 2.33. The Kier molecular flexibility index (Phi) is 13.9. The number of benzene rings is 2. The number of fused-ring (bicyclic) bond motifs is 2. The second kappa shape index (κ2) is 18.1. The summed E-state index contributed by atoms with van der Waals surface area (Å²) in [5.41, 5.74) is 1.71. The number of imide groups is 1. The number of rotatable bonds is 19. The lowest BCUT2D eigenvalue weighted by molar-refractivity contribution is -0.668. The third-order valence-electron chi connectivity index (χ3n) is 9.67. The molecule has 0 aliphatic carbocycles. The van der Waals surface area contributed by atoms with Gasteiger partial charge in [-0.05, 0) is 62.1 Å². The summed E-state index contributed by atoms with van der Waals surface area (Å²) in [5, 5.41) is 1.31. The molecule has 16 nitrogen and oxygen atoms in total. The number of aryl methyl sites for hydroxylation is 1. The zero-order valence-corrected chi connectivity index (χ0v) is 34.2. The molecular weight excluding hydrogens is 823 g/mol.